The summed E-state index contributed by atoms with van der Waals surface area (Å²) in [5.41, 5.74) is 10.2. The molecule has 2 aromatic carbocycles. The van der Waals surface area contributed by atoms with E-state index in [0.29, 0.717) is 12.3 Å². The Balaban J connectivity index is 1.56. The quantitative estimate of drug-likeness (QED) is 0.527. The van der Waals surface area contributed by atoms with Crippen molar-refractivity contribution in [3.63, 3.8) is 0 Å². The normalized spacial score (nSPS) is 10.7. The number of nitrogens with zero attached hydrogens (tertiary/aromatic N) is 1. The van der Waals surface area contributed by atoms with Gasteiger partial charge in [-0.1, -0.05) is 30.3 Å². The molecule has 0 aliphatic carbocycles. The van der Waals surface area contributed by atoms with Crippen molar-refractivity contribution in [2.45, 2.75) is 19.8 Å². The second-order valence-electron chi connectivity index (χ2n) is 5.48. The van der Waals surface area contributed by atoms with E-state index in [9.17, 15) is 0 Å². The summed E-state index contributed by atoms with van der Waals surface area (Å²) in [6, 6.07) is 16.3. The van der Waals surface area contributed by atoms with E-state index in [-0.39, 0.29) is 0 Å². The number of nitrogen functional groups attached to an aromatic ring is 1. The van der Waals surface area contributed by atoms with Crippen LogP contribution in [0.15, 0.2) is 53.9 Å². The summed E-state index contributed by atoms with van der Waals surface area (Å²) in [6.07, 6.45) is 1.98. The average molecular weight is 324 g/mol. The lowest BCUT2D eigenvalue weighted by atomic mass is 10.1. The summed E-state index contributed by atoms with van der Waals surface area (Å²) >= 11 is 1.63. The number of thiazole rings is 1. The third kappa shape index (κ3) is 4.11. The molecule has 0 aliphatic heterocycles. The zero-order valence-electron chi connectivity index (χ0n) is 13.2. The highest BCUT2D eigenvalue weighted by Gasteiger charge is 2.07. The fourth-order valence-corrected chi connectivity index (χ4v) is 3.20. The second kappa shape index (κ2) is 7.29. The highest BCUT2D eigenvalue weighted by Crippen LogP contribution is 2.30. The van der Waals surface area contributed by atoms with Crippen LogP contribution in [-0.4, -0.2) is 11.6 Å². The molecule has 1 heterocycles. The van der Waals surface area contributed by atoms with Crippen LogP contribution < -0.4 is 10.5 Å². The number of anilines is 1. The molecule has 1 aromatic heterocycles. The van der Waals surface area contributed by atoms with Gasteiger partial charge in [0.15, 0.2) is 0 Å². The molecule has 118 valence electrons. The Bertz CT molecular complexity index is 768. The first kappa shape index (κ1) is 15.6. The van der Waals surface area contributed by atoms with E-state index in [4.69, 9.17) is 10.5 Å². The van der Waals surface area contributed by atoms with Crippen molar-refractivity contribution in [2.75, 3.05) is 12.3 Å². The fourth-order valence-electron chi connectivity index (χ4n) is 2.40. The summed E-state index contributed by atoms with van der Waals surface area (Å²) in [5.74, 6) is 0.745. The molecule has 3 nitrogen and oxygen atoms in total. The number of hydrogen-bond donors (Lipinski definition) is 1. The molecule has 23 heavy (non-hydrogen) atoms. The lowest BCUT2D eigenvalue weighted by Gasteiger charge is -2.10. The van der Waals surface area contributed by atoms with Gasteiger partial charge in [0.2, 0.25) is 0 Å². The topological polar surface area (TPSA) is 48.1 Å². The highest BCUT2D eigenvalue weighted by molar-refractivity contribution is 7.13. The van der Waals surface area contributed by atoms with Crippen LogP contribution in [0.25, 0.3) is 10.6 Å². The predicted molar refractivity (Wildman–Crippen MR) is 97.0 cm³/mol. The van der Waals surface area contributed by atoms with E-state index in [0.717, 1.165) is 34.9 Å². The first-order valence-electron chi connectivity index (χ1n) is 7.71. The number of ether oxygens (including phenoxy) is 1. The van der Waals surface area contributed by atoms with Gasteiger partial charge in [0.05, 0.1) is 12.3 Å². The molecular formula is C19H20N2OS. The average Bonchev–Trinajstić information content (AvgIpc) is 3.00. The Hall–Kier alpha value is -2.33. The molecule has 0 bridgehead atoms. The van der Waals surface area contributed by atoms with Crippen molar-refractivity contribution in [3.8, 4) is 16.3 Å². The molecule has 0 fully saturated rings. The lowest BCUT2D eigenvalue weighted by Crippen LogP contribution is -2.02. The minimum atomic E-state index is 0.662. The van der Waals surface area contributed by atoms with Gasteiger partial charge in [0.25, 0.3) is 0 Å². The Morgan fingerprint density at radius 3 is 2.65 bits per heavy atom. The molecule has 0 saturated carbocycles. The molecule has 2 N–H and O–H groups in total. The molecule has 3 rings (SSSR count). The number of aryl methyl sites for hydroxylation is 2. The van der Waals surface area contributed by atoms with Gasteiger partial charge in [0, 0.05) is 16.6 Å². The van der Waals surface area contributed by atoms with Gasteiger partial charge in [0.1, 0.15) is 10.8 Å². The Morgan fingerprint density at radius 1 is 1.13 bits per heavy atom. The SMILES string of the molecule is Cc1csc(-c2ccc(OCCCc3ccccc3)c(N)c2)n1. The summed E-state index contributed by atoms with van der Waals surface area (Å²) in [6.45, 7) is 2.66. The molecule has 0 spiro atoms. The molecule has 3 aromatic rings. The van der Waals surface area contributed by atoms with Gasteiger partial charge in [-0.25, -0.2) is 4.98 Å². The predicted octanol–water partition coefficient (Wildman–Crippen LogP) is 4.71. The van der Waals surface area contributed by atoms with Crippen molar-refractivity contribution in [1.29, 1.82) is 0 Å². The van der Waals surface area contributed by atoms with Crippen molar-refractivity contribution >= 4 is 17.0 Å². The molecule has 4 heteroatoms. The van der Waals surface area contributed by atoms with Gasteiger partial charge in [-0.2, -0.15) is 0 Å². The lowest BCUT2D eigenvalue weighted by molar-refractivity contribution is 0.312. The van der Waals surface area contributed by atoms with Crippen LogP contribution >= 0.6 is 11.3 Å². The number of rotatable bonds is 6. The molecule has 0 atom stereocenters. The zero-order chi connectivity index (χ0) is 16.1. The monoisotopic (exact) mass is 324 g/mol. The van der Waals surface area contributed by atoms with Crippen LogP contribution in [0.3, 0.4) is 0 Å². The fraction of sp³-hybridized carbons (Fsp3) is 0.211. The third-order valence-electron chi connectivity index (χ3n) is 3.59. The summed E-state index contributed by atoms with van der Waals surface area (Å²) in [7, 11) is 0. The minimum absolute atomic E-state index is 0.662. The third-order valence-corrected chi connectivity index (χ3v) is 4.60. The maximum Gasteiger partial charge on any atom is 0.142 e. The number of benzene rings is 2. The second-order valence-corrected chi connectivity index (χ2v) is 6.34. The molecule has 0 saturated heterocycles. The molecule has 0 unspecified atom stereocenters. The van der Waals surface area contributed by atoms with Crippen molar-refractivity contribution in [1.82, 2.24) is 4.98 Å². The van der Waals surface area contributed by atoms with Gasteiger partial charge >= 0.3 is 0 Å². The van der Waals surface area contributed by atoms with E-state index in [1.165, 1.54) is 5.56 Å². The Morgan fingerprint density at radius 2 is 1.96 bits per heavy atom. The van der Waals surface area contributed by atoms with Crippen LogP contribution in [0.5, 0.6) is 5.75 Å². The standard InChI is InChI=1S/C19H20N2OS/c1-14-13-23-19(21-14)16-9-10-18(17(20)12-16)22-11-5-8-15-6-3-2-4-7-15/h2-4,6-7,9-10,12-13H,5,8,11,20H2,1H3. The van der Waals surface area contributed by atoms with Crippen molar-refractivity contribution < 1.29 is 4.74 Å². The molecule has 0 aliphatic rings. The maximum absolute atomic E-state index is 6.11. The smallest absolute Gasteiger partial charge is 0.142 e. The molecular weight excluding hydrogens is 304 g/mol. The Labute approximate surface area is 140 Å². The minimum Gasteiger partial charge on any atom is -0.491 e. The van der Waals surface area contributed by atoms with Crippen LogP contribution in [-0.2, 0) is 6.42 Å². The van der Waals surface area contributed by atoms with Gasteiger partial charge < -0.3 is 10.5 Å². The number of hydrogen-bond acceptors (Lipinski definition) is 4. The van der Waals surface area contributed by atoms with E-state index < -0.39 is 0 Å². The first-order chi connectivity index (χ1) is 11.2. The highest BCUT2D eigenvalue weighted by atomic mass is 32.1. The van der Waals surface area contributed by atoms with Crippen molar-refractivity contribution in [3.05, 3.63) is 65.2 Å². The number of aromatic nitrogens is 1. The van der Waals surface area contributed by atoms with Crippen LogP contribution in [0.1, 0.15) is 17.7 Å². The van der Waals surface area contributed by atoms with E-state index in [1.807, 2.05) is 36.6 Å². The summed E-state index contributed by atoms with van der Waals surface area (Å²) in [5, 5.41) is 3.03. The molecule has 0 amide bonds. The molecule has 0 radical (unpaired) electrons. The van der Waals surface area contributed by atoms with Gasteiger partial charge in [-0.05, 0) is 43.5 Å². The Kier molecular flexibility index (Phi) is 4.93. The van der Waals surface area contributed by atoms with E-state index in [1.54, 1.807) is 11.3 Å². The van der Waals surface area contributed by atoms with E-state index in [2.05, 4.69) is 29.2 Å². The van der Waals surface area contributed by atoms with E-state index >= 15 is 0 Å². The zero-order valence-corrected chi connectivity index (χ0v) is 14.0. The summed E-state index contributed by atoms with van der Waals surface area (Å²) < 4.78 is 5.81. The van der Waals surface area contributed by atoms with Gasteiger partial charge in [-0.15, -0.1) is 11.3 Å². The van der Waals surface area contributed by atoms with Crippen LogP contribution in [0.2, 0.25) is 0 Å². The van der Waals surface area contributed by atoms with Crippen LogP contribution in [0.4, 0.5) is 5.69 Å². The van der Waals surface area contributed by atoms with Gasteiger partial charge in [-0.3, -0.25) is 0 Å². The summed E-state index contributed by atoms with van der Waals surface area (Å²) in [4.78, 5) is 4.48. The van der Waals surface area contributed by atoms with Crippen molar-refractivity contribution in [2.24, 2.45) is 0 Å². The largest absolute Gasteiger partial charge is 0.491 e. The first-order valence-corrected chi connectivity index (χ1v) is 8.59. The maximum atomic E-state index is 6.11. The number of nitrogens with two attached hydrogens (primary N) is 1. The van der Waals surface area contributed by atoms with Crippen LogP contribution in [0, 0.1) is 6.92 Å².